The molecule has 0 saturated heterocycles. The fourth-order valence-electron chi connectivity index (χ4n) is 3.77. The number of fused-ring (bicyclic) bond motifs is 1. The molecule has 1 aromatic heterocycles. The fraction of sp³-hybridized carbons (Fsp3) is 0.364. The highest BCUT2D eigenvalue weighted by molar-refractivity contribution is 6.06. The van der Waals surface area contributed by atoms with Crippen molar-refractivity contribution in [1.29, 1.82) is 0 Å². The summed E-state index contributed by atoms with van der Waals surface area (Å²) in [6.45, 7) is 2.72. The number of nitrogens with zero attached hydrogens (tertiary/aromatic N) is 3. The van der Waals surface area contributed by atoms with E-state index >= 15 is 0 Å². The van der Waals surface area contributed by atoms with Crippen LogP contribution < -0.4 is 10.6 Å². The molecule has 150 valence electrons. The Balaban J connectivity index is 1.40. The smallest absolute Gasteiger partial charge is 0.255 e. The Labute approximate surface area is 169 Å². The van der Waals surface area contributed by atoms with Crippen LogP contribution in [0.25, 0.3) is 11.0 Å². The highest BCUT2D eigenvalue weighted by atomic mass is 16.2. The van der Waals surface area contributed by atoms with Crippen LogP contribution in [0.4, 0.5) is 5.69 Å². The van der Waals surface area contributed by atoms with Gasteiger partial charge in [0.2, 0.25) is 0 Å². The first-order valence-electron chi connectivity index (χ1n) is 10.2. The minimum absolute atomic E-state index is 0.0563. The number of rotatable bonds is 5. The first kappa shape index (κ1) is 19.1. The molecule has 1 heterocycles. The van der Waals surface area contributed by atoms with Crippen molar-refractivity contribution in [2.75, 3.05) is 5.32 Å². The van der Waals surface area contributed by atoms with Gasteiger partial charge in [-0.1, -0.05) is 24.5 Å². The molecule has 1 aliphatic rings. The minimum atomic E-state index is -0.225. The van der Waals surface area contributed by atoms with Crippen molar-refractivity contribution in [3.63, 3.8) is 0 Å². The lowest BCUT2D eigenvalue weighted by Gasteiger charge is -2.22. The maximum absolute atomic E-state index is 12.6. The van der Waals surface area contributed by atoms with Gasteiger partial charge in [0.1, 0.15) is 5.52 Å². The van der Waals surface area contributed by atoms with Crippen LogP contribution in [0, 0.1) is 0 Å². The van der Waals surface area contributed by atoms with E-state index in [4.69, 9.17) is 0 Å². The number of aryl methyl sites for hydroxylation is 1. The summed E-state index contributed by atoms with van der Waals surface area (Å²) < 4.78 is 1.79. The molecule has 0 aliphatic heterocycles. The van der Waals surface area contributed by atoms with E-state index in [1.165, 1.54) is 19.3 Å². The molecule has 3 aromatic rings. The van der Waals surface area contributed by atoms with Gasteiger partial charge in [-0.15, -0.1) is 5.10 Å². The van der Waals surface area contributed by atoms with E-state index in [0.29, 0.717) is 22.3 Å². The average molecular weight is 391 g/mol. The third kappa shape index (κ3) is 4.29. The highest BCUT2D eigenvalue weighted by Crippen LogP contribution is 2.19. The summed E-state index contributed by atoms with van der Waals surface area (Å²) in [7, 11) is 0. The summed E-state index contributed by atoms with van der Waals surface area (Å²) in [6.07, 6.45) is 5.71. The minimum Gasteiger partial charge on any atom is -0.349 e. The Hall–Kier alpha value is -3.22. The van der Waals surface area contributed by atoms with Crippen LogP contribution in [0.3, 0.4) is 0 Å². The van der Waals surface area contributed by atoms with Gasteiger partial charge in [-0.05, 0) is 62.2 Å². The molecule has 2 amide bonds. The number of carbonyl (C=O) groups excluding carboxylic acids is 2. The third-order valence-corrected chi connectivity index (χ3v) is 5.42. The summed E-state index contributed by atoms with van der Waals surface area (Å²) >= 11 is 0. The second-order valence-electron chi connectivity index (χ2n) is 7.45. The molecular formula is C22H25N5O2. The van der Waals surface area contributed by atoms with E-state index in [2.05, 4.69) is 20.9 Å². The van der Waals surface area contributed by atoms with E-state index < -0.39 is 0 Å². The molecule has 0 unspecified atom stereocenters. The molecular weight excluding hydrogens is 366 g/mol. The van der Waals surface area contributed by atoms with Crippen LogP contribution in [0.5, 0.6) is 0 Å². The lowest BCUT2D eigenvalue weighted by molar-refractivity contribution is 0.0927. The van der Waals surface area contributed by atoms with Crippen molar-refractivity contribution < 1.29 is 9.59 Å². The molecule has 29 heavy (non-hydrogen) atoms. The molecule has 4 rings (SSSR count). The summed E-state index contributed by atoms with van der Waals surface area (Å²) in [4.78, 5) is 25.0. The van der Waals surface area contributed by atoms with E-state index in [-0.39, 0.29) is 17.9 Å². The Bertz CT molecular complexity index is 1020. The molecule has 0 bridgehead atoms. The third-order valence-electron chi connectivity index (χ3n) is 5.42. The summed E-state index contributed by atoms with van der Waals surface area (Å²) in [6, 6.07) is 12.6. The van der Waals surface area contributed by atoms with E-state index in [9.17, 15) is 9.59 Å². The molecule has 1 aliphatic carbocycles. The van der Waals surface area contributed by atoms with Gasteiger partial charge in [-0.25, -0.2) is 4.68 Å². The maximum Gasteiger partial charge on any atom is 0.255 e. The van der Waals surface area contributed by atoms with Gasteiger partial charge in [-0.3, -0.25) is 9.59 Å². The first-order chi connectivity index (χ1) is 14.1. The maximum atomic E-state index is 12.6. The van der Waals surface area contributed by atoms with Crippen molar-refractivity contribution in [3.05, 3.63) is 53.6 Å². The van der Waals surface area contributed by atoms with Gasteiger partial charge in [0, 0.05) is 29.4 Å². The predicted octanol–water partition coefficient (Wildman–Crippen LogP) is 3.77. The number of benzene rings is 2. The van der Waals surface area contributed by atoms with Crippen LogP contribution in [0.2, 0.25) is 0 Å². The normalized spacial score (nSPS) is 14.7. The summed E-state index contributed by atoms with van der Waals surface area (Å²) in [5.74, 6) is -0.281. The number of aromatic nitrogens is 3. The van der Waals surface area contributed by atoms with Gasteiger partial charge in [0.25, 0.3) is 11.8 Å². The monoisotopic (exact) mass is 391 g/mol. The van der Waals surface area contributed by atoms with E-state index in [0.717, 1.165) is 24.9 Å². The molecule has 1 fully saturated rings. The zero-order chi connectivity index (χ0) is 20.2. The molecule has 0 spiro atoms. The molecule has 7 heteroatoms. The van der Waals surface area contributed by atoms with Crippen LogP contribution >= 0.6 is 0 Å². The lowest BCUT2D eigenvalue weighted by atomic mass is 9.95. The molecule has 2 aromatic carbocycles. The number of nitrogens with one attached hydrogen (secondary N) is 2. The number of amides is 2. The standard InChI is InChI=1S/C22H25N5O2/c1-2-27-20-13-10-16(14-19(20)25-26-27)22(29)24-18-11-8-15(9-12-18)21(28)23-17-6-4-3-5-7-17/h8-14,17H,2-7H2,1H3,(H,23,28)(H,24,29). The first-order valence-corrected chi connectivity index (χ1v) is 10.2. The lowest BCUT2D eigenvalue weighted by Crippen LogP contribution is -2.36. The van der Waals surface area contributed by atoms with Gasteiger partial charge < -0.3 is 10.6 Å². The fourth-order valence-corrected chi connectivity index (χ4v) is 3.77. The quantitative estimate of drug-likeness (QED) is 0.693. The Kier molecular flexibility index (Phi) is 5.55. The van der Waals surface area contributed by atoms with Crippen molar-refractivity contribution in [2.24, 2.45) is 0 Å². The number of anilines is 1. The SMILES string of the molecule is CCn1nnc2cc(C(=O)Nc3ccc(C(=O)NC4CCCCC4)cc3)ccc21. The molecule has 0 atom stereocenters. The summed E-state index contributed by atoms with van der Waals surface area (Å²) in [5, 5.41) is 14.1. The molecule has 2 N–H and O–H groups in total. The van der Waals surface area contributed by atoms with Crippen LogP contribution in [0.15, 0.2) is 42.5 Å². The average Bonchev–Trinajstić information content (AvgIpc) is 3.17. The molecule has 7 nitrogen and oxygen atoms in total. The van der Waals surface area contributed by atoms with Gasteiger partial charge in [0.05, 0.1) is 5.52 Å². The number of hydrogen-bond donors (Lipinski definition) is 2. The van der Waals surface area contributed by atoms with Crippen LogP contribution in [-0.2, 0) is 6.54 Å². The Morgan fingerprint density at radius 1 is 1.00 bits per heavy atom. The molecule has 0 radical (unpaired) electrons. The molecule has 1 saturated carbocycles. The van der Waals surface area contributed by atoms with Crippen molar-refractivity contribution in [2.45, 2.75) is 51.6 Å². The summed E-state index contributed by atoms with van der Waals surface area (Å²) in [5.41, 5.74) is 3.35. The topological polar surface area (TPSA) is 88.9 Å². The van der Waals surface area contributed by atoms with Crippen molar-refractivity contribution in [3.8, 4) is 0 Å². The Morgan fingerprint density at radius 2 is 1.72 bits per heavy atom. The number of carbonyl (C=O) groups is 2. The largest absolute Gasteiger partial charge is 0.349 e. The second-order valence-corrected chi connectivity index (χ2v) is 7.45. The van der Waals surface area contributed by atoms with E-state index in [1.807, 2.05) is 13.0 Å². The van der Waals surface area contributed by atoms with Gasteiger partial charge in [-0.2, -0.15) is 0 Å². The predicted molar refractivity (Wildman–Crippen MR) is 112 cm³/mol. The highest BCUT2D eigenvalue weighted by Gasteiger charge is 2.17. The van der Waals surface area contributed by atoms with Gasteiger partial charge >= 0.3 is 0 Å². The number of hydrogen-bond acceptors (Lipinski definition) is 4. The van der Waals surface area contributed by atoms with Gasteiger partial charge in [0.15, 0.2) is 0 Å². The second kappa shape index (κ2) is 8.43. The van der Waals surface area contributed by atoms with Crippen molar-refractivity contribution in [1.82, 2.24) is 20.3 Å². The Morgan fingerprint density at radius 3 is 2.45 bits per heavy atom. The zero-order valence-corrected chi connectivity index (χ0v) is 16.5. The zero-order valence-electron chi connectivity index (χ0n) is 16.5. The van der Waals surface area contributed by atoms with Crippen LogP contribution in [-0.4, -0.2) is 32.9 Å². The van der Waals surface area contributed by atoms with E-state index in [1.54, 1.807) is 41.1 Å². The van der Waals surface area contributed by atoms with Crippen LogP contribution in [0.1, 0.15) is 59.7 Å². The van der Waals surface area contributed by atoms with Crippen molar-refractivity contribution >= 4 is 28.5 Å².